The number of hydrogen-bond donors (Lipinski definition) is 0. The van der Waals surface area contributed by atoms with Crippen LogP contribution in [-0.2, 0) is 9.53 Å². The summed E-state index contributed by atoms with van der Waals surface area (Å²) in [7, 11) is 0. The maximum atomic E-state index is 13.3. The second kappa shape index (κ2) is 7.76. The van der Waals surface area contributed by atoms with Gasteiger partial charge in [-0.2, -0.15) is 0 Å². The van der Waals surface area contributed by atoms with Gasteiger partial charge in [0.2, 0.25) is 0 Å². The molecule has 0 atom stereocenters. The summed E-state index contributed by atoms with van der Waals surface area (Å²) in [5.74, 6) is -0.872. The standard InChI is InChI=1S/C21H16ClFO4/c1-3-26-21(25)12(2)8-13-4-6-16-17(11-20(24)27-19(16)9-13)15-7-5-14(23)10-18(15)22/h4-11H,3H2,1-2H3/b12-8+. The molecule has 0 N–H and O–H groups in total. The Morgan fingerprint density at radius 2 is 1.96 bits per heavy atom. The van der Waals surface area contributed by atoms with E-state index in [1.807, 2.05) is 0 Å². The van der Waals surface area contributed by atoms with Crippen LogP contribution >= 0.6 is 11.6 Å². The summed E-state index contributed by atoms with van der Waals surface area (Å²) in [5, 5.41) is 0.845. The van der Waals surface area contributed by atoms with E-state index in [0.29, 0.717) is 39.8 Å². The molecule has 0 aliphatic heterocycles. The van der Waals surface area contributed by atoms with Gasteiger partial charge in [-0.25, -0.2) is 14.0 Å². The van der Waals surface area contributed by atoms with E-state index in [-0.39, 0.29) is 5.02 Å². The minimum atomic E-state index is -0.555. The molecule has 0 fully saturated rings. The van der Waals surface area contributed by atoms with E-state index < -0.39 is 17.4 Å². The Balaban J connectivity index is 2.13. The Labute approximate surface area is 159 Å². The van der Waals surface area contributed by atoms with Crippen molar-refractivity contribution >= 4 is 34.6 Å². The first kappa shape index (κ1) is 18.9. The van der Waals surface area contributed by atoms with E-state index in [9.17, 15) is 14.0 Å². The molecule has 0 aliphatic carbocycles. The van der Waals surface area contributed by atoms with Crippen LogP contribution in [0.3, 0.4) is 0 Å². The monoisotopic (exact) mass is 386 g/mol. The van der Waals surface area contributed by atoms with Crippen LogP contribution in [0.25, 0.3) is 28.2 Å². The van der Waals surface area contributed by atoms with Crippen LogP contribution in [0, 0.1) is 5.82 Å². The molecular formula is C21H16ClFO4. The fourth-order valence-corrected chi connectivity index (χ4v) is 3.02. The predicted molar refractivity (Wildman–Crippen MR) is 103 cm³/mol. The molecule has 6 heteroatoms. The average molecular weight is 387 g/mol. The van der Waals surface area contributed by atoms with Gasteiger partial charge in [0.25, 0.3) is 0 Å². The molecule has 0 bridgehead atoms. The summed E-state index contributed by atoms with van der Waals surface area (Å²) >= 11 is 6.15. The molecule has 2 aromatic carbocycles. The SMILES string of the molecule is CCOC(=O)/C(C)=C/c1ccc2c(-c3ccc(F)cc3Cl)cc(=O)oc2c1. The highest BCUT2D eigenvalue weighted by molar-refractivity contribution is 6.33. The third-order valence-corrected chi connectivity index (χ3v) is 4.28. The molecule has 0 saturated heterocycles. The Bertz CT molecular complexity index is 1110. The van der Waals surface area contributed by atoms with Crippen LogP contribution in [0.5, 0.6) is 0 Å². The fourth-order valence-electron chi connectivity index (χ4n) is 2.75. The number of esters is 1. The number of carbonyl (C=O) groups excluding carboxylic acids is 1. The first-order valence-corrected chi connectivity index (χ1v) is 8.65. The molecule has 3 aromatic rings. The summed E-state index contributed by atoms with van der Waals surface area (Å²) in [4.78, 5) is 23.8. The molecule has 1 heterocycles. The van der Waals surface area contributed by atoms with Gasteiger partial charge in [-0.05, 0) is 49.8 Å². The minimum Gasteiger partial charge on any atom is -0.463 e. The van der Waals surface area contributed by atoms with Crippen LogP contribution < -0.4 is 5.63 Å². The van der Waals surface area contributed by atoms with Crippen LogP contribution in [0.1, 0.15) is 19.4 Å². The van der Waals surface area contributed by atoms with Gasteiger partial charge in [0.15, 0.2) is 0 Å². The van der Waals surface area contributed by atoms with Crippen molar-refractivity contribution in [3.63, 3.8) is 0 Å². The first-order valence-electron chi connectivity index (χ1n) is 8.28. The van der Waals surface area contributed by atoms with Crippen LogP contribution in [0.15, 0.2) is 57.2 Å². The van der Waals surface area contributed by atoms with Crippen molar-refractivity contribution in [2.45, 2.75) is 13.8 Å². The molecular weight excluding hydrogens is 371 g/mol. The maximum absolute atomic E-state index is 13.3. The zero-order valence-electron chi connectivity index (χ0n) is 14.7. The van der Waals surface area contributed by atoms with E-state index in [0.717, 1.165) is 0 Å². The van der Waals surface area contributed by atoms with Gasteiger partial charge in [0.1, 0.15) is 11.4 Å². The lowest BCUT2D eigenvalue weighted by molar-refractivity contribution is -0.138. The van der Waals surface area contributed by atoms with Crippen molar-refractivity contribution in [1.29, 1.82) is 0 Å². The zero-order chi connectivity index (χ0) is 19.6. The molecule has 4 nitrogen and oxygen atoms in total. The van der Waals surface area contributed by atoms with Crippen molar-refractivity contribution in [2.24, 2.45) is 0 Å². The Morgan fingerprint density at radius 1 is 1.19 bits per heavy atom. The van der Waals surface area contributed by atoms with Crippen molar-refractivity contribution in [2.75, 3.05) is 6.61 Å². The first-order chi connectivity index (χ1) is 12.9. The van der Waals surface area contributed by atoms with E-state index in [4.69, 9.17) is 20.8 Å². The normalized spacial score (nSPS) is 11.6. The molecule has 3 rings (SSSR count). The van der Waals surface area contributed by atoms with Crippen LogP contribution in [0.4, 0.5) is 4.39 Å². The second-order valence-corrected chi connectivity index (χ2v) is 6.31. The molecule has 0 aliphatic rings. The Morgan fingerprint density at radius 3 is 2.67 bits per heavy atom. The molecule has 0 unspecified atom stereocenters. The van der Waals surface area contributed by atoms with E-state index in [1.165, 1.54) is 24.3 Å². The van der Waals surface area contributed by atoms with E-state index >= 15 is 0 Å². The van der Waals surface area contributed by atoms with Crippen molar-refractivity contribution in [3.05, 3.63) is 74.9 Å². The highest BCUT2D eigenvalue weighted by atomic mass is 35.5. The summed E-state index contributed by atoms with van der Waals surface area (Å²) in [6.07, 6.45) is 1.65. The summed E-state index contributed by atoms with van der Waals surface area (Å²) in [6.45, 7) is 3.67. The van der Waals surface area contributed by atoms with Gasteiger partial charge in [-0.3, -0.25) is 0 Å². The highest BCUT2D eigenvalue weighted by Gasteiger charge is 2.12. The molecule has 0 amide bonds. The van der Waals surface area contributed by atoms with Crippen molar-refractivity contribution in [1.82, 2.24) is 0 Å². The Hall–Kier alpha value is -2.92. The summed E-state index contributed by atoms with van der Waals surface area (Å²) in [5.41, 5.74) is 1.96. The largest absolute Gasteiger partial charge is 0.463 e. The number of benzene rings is 2. The van der Waals surface area contributed by atoms with Crippen LogP contribution in [-0.4, -0.2) is 12.6 Å². The van der Waals surface area contributed by atoms with Crippen LogP contribution in [0.2, 0.25) is 5.02 Å². The molecule has 0 spiro atoms. The average Bonchev–Trinajstić information content (AvgIpc) is 2.61. The molecule has 27 heavy (non-hydrogen) atoms. The van der Waals surface area contributed by atoms with Gasteiger partial charge in [-0.15, -0.1) is 0 Å². The summed E-state index contributed by atoms with van der Waals surface area (Å²) < 4.78 is 23.6. The van der Waals surface area contributed by atoms with Gasteiger partial charge in [0, 0.05) is 28.2 Å². The minimum absolute atomic E-state index is 0.198. The quantitative estimate of drug-likeness (QED) is 0.350. The topological polar surface area (TPSA) is 56.5 Å². The smallest absolute Gasteiger partial charge is 0.336 e. The Kier molecular flexibility index (Phi) is 5.42. The van der Waals surface area contributed by atoms with E-state index in [2.05, 4.69) is 0 Å². The molecule has 0 radical (unpaired) electrons. The molecule has 0 saturated carbocycles. The number of hydrogen-bond acceptors (Lipinski definition) is 4. The summed E-state index contributed by atoms with van der Waals surface area (Å²) in [6, 6.07) is 10.5. The predicted octanol–water partition coefficient (Wildman–Crippen LogP) is 5.22. The number of rotatable bonds is 4. The zero-order valence-corrected chi connectivity index (χ0v) is 15.5. The number of halogens is 2. The van der Waals surface area contributed by atoms with Crippen molar-refractivity contribution in [3.8, 4) is 11.1 Å². The third kappa shape index (κ3) is 4.09. The van der Waals surface area contributed by atoms with Gasteiger partial charge >= 0.3 is 11.6 Å². The highest BCUT2D eigenvalue weighted by Crippen LogP contribution is 2.33. The maximum Gasteiger partial charge on any atom is 0.336 e. The lowest BCUT2D eigenvalue weighted by atomic mass is 10.0. The van der Waals surface area contributed by atoms with Gasteiger partial charge in [0.05, 0.1) is 11.6 Å². The van der Waals surface area contributed by atoms with Gasteiger partial charge < -0.3 is 9.15 Å². The fraction of sp³-hybridized carbons (Fsp3) is 0.143. The number of fused-ring (bicyclic) bond motifs is 1. The molecule has 1 aromatic heterocycles. The van der Waals surface area contributed by atoms with Gasteiger partial charge in [-0.1, -0.05) is 23.7 Å². The lowest BCUT2D eigenvalue weighted by Crippen LogP contribution is -2.04. The van der Waals surface area contributed by atoms with E-state index in [1.54, 1.807) is 38.1 Å². The molecule has 138 valence electrons. The third-order valence-electron chi connectivity index (χ3n) is 3.97. The second-order valence-electron chi connectivity index (χ2n) is 5.91. The number of ether oxygens (including phenoxy) is 1. The van der Waals surface area contributed by atoms with Crippen molar-refractivity contribution < 1.29 is 18.3 Å². The number of carbonyl (C=O) groups is 1. The lowest BCUT2D eigenvalue weighted by Gasteiger charge is -2.09.